The SMILES string of the molecule is Cc1nn(C)c(C(=O)N2CCN(Cc3ccc(Cl)c(Cl)c3)CC2)c1Cl. The number of hydrogen-bond donors (Lipinski definition) is 0. The van der Waals surface area contributed by atoms with Crippen molar-refractivity contribution in [1.29, 1.82) is 0 Å². The van der Waals surface area contributed by atoms with Gasteiger partial charge in [-0.25, -0.2) is 0 Å². The summed E-state index contributed by atoms with van der Waals surface area (Å²) >= 11 is 18.3. The van der Waals surface area contributed by atoms with E-state index < -0.39 is 0 Å². The van der Waals surface area contributed by atoms with Crippen molar-refractivity contribution in [3.8, 4) is 0 Å². The van der Waals surface area contributed by atoms with Crippen LogP contribution in [0, 0.1) is 6.92 Å². The minimum atomic E-state index is -0.0673. The van der Waals surface area contributed by atoms with E-state index in [1.165, 1.54) is 0 Å². The molecule has 0 spiro atoms. The molecule has 1 aliphatic rings. The highest BCUT2D eigenvalue weighted by Gasteiger charge is 2.27. The van der Waals surface area contributed by atoms with Crippen molar-refractivity contribution >= 4 is 40.7 Å². The van der Waals surface area contributed by atoms with Crippen molar-refractivity contribution in [2.45, 2.75) is 13.5 Å². The molecule has 1 aliphatic heterocycles. The van der Waals surface area contributed by atoms with E-state index in [1.807, 2.05) is 23.1 Å². The molecule has 25 heavy (non-hydrogen) atoms. The summed E-state index contributed by atoms with van der Waals surface area (Å²) in [6.45, 7) is 5.47. The van der Waals surface area contributed by atoms with Gasteiger partial charge in [0.15, 0.2) is 0 Å². The Morgan fingerprint density at radius 1 is 1.12 bits per heavy atom. The molecule has 0 bridgehead atoms. The van der Waals surface area contributed by atoms with Gasteiger partial charge in [0.1, 0.15) is 5.69 Å². The lowest BCUT2D eigenvalue weighted by Gasteiger charge is -2.34. The summed E-state index contributed by atoms with van der Waals surface area (Å²) in [6.07, 6.45) is 0. The molecule has 3 rings (SSSR count). The van der Waals surface area contributed by atoms with Crippen molar-refractivity contribution in [3.63, 3.8) is 0 Å². The maximum absolute atomic E-state index is 12.7. The van der Waals surface area contributed by atoms with E-state index in [9.17, 15) is 4.79 Å². The Kier molecular flexibility index (Phi) is 5.58. The van der Waals surface area contributed by atoms with Crippen LogP contribution in [-0.2, 0) is 13.6 Å². The zero-order valence-corrected chi connectivity index (χ0v) is 16.4. The number of amides is 1. The van der Waals surface area contributed by atoms with Gasteiger partial charge in [-0.3, -0.25) is 14.4 Å². The average molecular weight is 402 g/mol. The predicted molar refractivity (Wildman–Crippen MR) is 101 cm³/mol. The molecule has 8 heteroatoms. The highest BCUT2D eigenvalue weighted by atomic mass is 35.5. The first kappa shape index (κ1) is 18.5. The Labute approximate surface area is 162 Å². The van der Waals surface area contributed by atoms with Gasteiger partial charge in [-0.05, 0) is 24.6 Å². The van der Waals surface area contributed by atoms with Gasteiger partial charge in [-0.1, -0.05) is 40.9 Å². The lowest BCUT2D eigenvalue weighted by molar-refractivity contribution is 0.0618. The van der Waals surface area contributed by atoms with Crippen LogP contribution in [0.3, 0.4) is 0 Å². The van der Waals surface area contributed by atoms with Crippen molar-refractivity contribution < 1.29 is 4.79 Å². The minimum absolute atomic E-state index is 0.0673. The van der Waals surface area contributed by atoms with E-state index in [2.05, 4.69) is 10.00 Å². The minimum Gasteiger partial charge on any atom is -0.335 e. The average Bonchev–Trinajstić information content (AvgIpc) is 2.83. The zero-order chi connectivity index (χ0) is 18.1. The second-order valence-electron chi connectivity index (χ2n) is 6.19. The fourth-order valence-electron chi connectivity index (χ4n) is 3.02. The van der Waals surface area contributed by atoms with Crippen molar-refractivity contribution in [1.82, 2.24) is 19.6 Å². The zero-order valence-electron chi connectivity index (χ0n) is 14.1. The molecule has 5 nitrogen and oxygen atoms in total. The molecule has 134 valence electrons. The van der Waals surface area contributed by atoms with E-state index in [1.54, 1.807) is 18.7 Å². The van der Waals surface area contributed by atoms with Gasteiger partial charge in [0.25, 0.3) is 5.91 Å². The Hall–Kier alpha value is -1.27. The quantitative estimate of drug-likeness (QED) is 0.788. The van der Waals surface area contributed by atoms with Gasteiger partial charge in [-0.2, -0.15) is 5.10 Å². The molecule has 1 aromatic carbocycles. The van der Waals surface area contributed by atoms with E-state index in [4.69, 9.17) is 34.8 Å². The molecule has 1 aromatic heterocycles. The third-order valence-corrected chi connectivity index (χ3v) is 5.59. The van der Waals surface area contributed by atoms with Crippen LogP contribution in [0.5, 0.6) is 0 Å². The summed E-state index contributed by atoms with van der Waals surface area (Å²) in [5, 5.41) is 5.78. The molecule has 0 unspecified atom stereocenters. The molecule has 2 aromatic rings. The van der Waals surface area contributed by atoms with Crippen LogP contribution in [0.25, 0.3) is 0 Å². The normalized spacial score (nSPS) is 15.6. The second-order valence-corrected chi connectivity index (χ2v) is 7.38. The predicted octanol–water partition coefficient (Wildman–Crippen LogP) is 3.65. The van der Waals surface area contributed by atoms with Gasteiger partial charge in [0.2, 0.25) is 0 Å². The summed E-state index contributed by atoms with van der Waals surface area (Å²) in [6, 6.07) is 5.68. The van der Waals surface area contributed by atoms with Crippen molar-refractivity contribution in [2.75, 3.05) is 26.2 Å². The number of halogens is 3. The third kappa shape index (κ3) is 3.95. The number of aryl methyl sites for hydroxylation is 2. The monoisotopic (exact) mass is 400 g/mol. The van der Waals surface area contributed by atoms with E-state index in [-0.39, 0.29) is 5.91 Å². The lowest BCUT2D eigenvalue weighted by Crippen LogP contribution is -2.48. The standard InChI is InChI=1S/C17H19Cl3N4O/c1-11-15(20)16(22(2)21-11)17(25)24-7-5-23(6-8-24)10-12-3-4-13(18)14(19)9-12/h3-4,9H,5-8,10H2,1-2H3. The van der Waals surface area contributed by atoms with Gasteiger partial charge in [0, 0.05) is 39.8 Å². The number of piperazine rings is 1. The van der Waals surface area contributed by atoms with Crippen LogP contribution in [0.4, 0.5) is 0 Å². The first-order valence-electron chi connectivity index (χ1n) is 8.01. The molecule has 2 heterocycles. The Balaban J connectivity index is 1.61. The van der Waals surface area contributed by atoms with Gasteiger partial charge in [0.05, 0.1) is 20.8 Å². The first-order chi connectivity index (χ1) is 11.9. The highest BCUT2D eigenvalue weighted by Crippen LogP contribution is 2.24. The van der Waals surface area contributed by atoms with Crippen LogP contribution >= 0.6 is 34.8 Å². The summed E-state index contributed by atoms with van der Waals surface area (Å²) in [5.41, 5.74) is 2.24. The molecule has 0 radical (unpaired) electrons. The molecule has 0 saturated carbocycles. The topological polar surface area (TPSA) is 41.4 Å². The van der Waals surface area contributed by atoms with Crippen LogP contribution in [-0.4, -0.2) is 51.7 Å². The number of carbonyl (C=O) groups is 1. The van der Waals surface area contributed by atoms with Crippen LogP contribution in [0.2, 0.25) is 15.1 Å². The van der Waals surface area contributed by atoms with E-state index in [0.717, 1.165) is 25.2 Å². The molecule has 1 fully saturated rings. The summed E-state index contributed by atoms with van der Waals surface area (Å²) in [7, 11) is 1.74. The molecular weight excluding hydrogens is 383 g/mol. The lowest BCUT2D eigenvalue weighted by atomic mass is 10.2. The van der Waals surface area contributed by atoms with Gasteiger partial charge >= 0.3 is 0 Å². The van der Waals surface area contributed by atoms with Crippen LogP contribution in [0.1, 0.15) is 21.7 Å². The molecule has 0 N–H and O–H groups in total. The fourth-order valence-corrected chi connectivity index (χ4v) is 3.58. The second kappa shape index (κ2) is 7.54. The largest absolute Gasteiger partial charge is 0.335 e. The smallest absolute Gasteiger partial charge is 0.273 e. The first-order valence-corrected chi connectivity index (χ1v) is 9.15. The molecule has 0 atom stereocenters. The van der Waals surface area contributed by atoms with Crippen molar-refractivity contribution in [2.24, 2.45) is 7.05 Å². The van der Waals surface area contributed by atoms with Crippen molar-refractivity contribution in [3.05, 3.63) is 50.2 Å². The van der Waals surface area contributed by atoms with E-state index in [0.29, 0.717) is 39.5 Å². The Bertz CT molecular complexity index is 797. The summed E-state index contributed by atoms with van der Waals surface area (Å²) in [5.74, 6) is -0.0673. The number of rotatable bonds is 3. The number of benzene rings is 1. The van der Waals surface area contributed by atoms with Gasteiger partial charge in [-0.15, -0.1) is 0 Å². The molecule has 1 saturated heterocycles. The highest BCUT2D eigenvalue weighted by molar-refractivity contribution is 6.42. The number of nitrogens with zero attached hydrogens (tertiary/aromatic N) is 4. The van der Waals surface area contributed by atoms with E-state index >= 15 is 0 Å². The third-order valence-electron chi connectivity index (χ3n) is 4.40. The van der Waals surface area contributed by atoms with Crippen LogP contribution in [0.15, 0.2) is 18.2 Å². The summed E-state index contributed by atoms with van der Waals surface area (Å²) in [4.78, 5) is 16.9. The van der Waals surface area contributed by atoms with Crippen LogP contribution < -0.4 is 0 Å². The number of carbonyl (C=O) groups excluding carboxylic acids is 1. The Morgan fingerprint density at radius 3 is 2.36 bits per heavy atom. The molecule has 1 amide bonds. The maximum Gasteiger partial charge on any atom is 0.273 e. The van der Waals surface area contributed by atoms with Gasteiger partial charge < -0.3 is 4.90 Å². The number of aromatic nitrogens is 2. The molecule has 0 aliphatic carbocycles. The summed E-state index contributed by atoms with van der Waals surface area (Å²) < 4.78 is 1.56. The Morgan fingerprint density at radius 2 is 1.80 bits per heavy atom. The fraction of sp³-hybridized carbons (Fsp3) is 0.412. The maximum atomic E-state index is 12.7. The molecular formula is C17H19Cl3N4O. The number of hydrogen-bond acceptors (Lipinski definition) is 3.